The lowest BCUT2D eigenvalue weighted by atomic mass is 9.87. The van der Waals surface area contributed by atoms with Gasteiger partial charge in [0, 0.05) is 30.1 Å². The molecule has 0 radical (unpaired) electrons. The summed E-state index contributed by atoms with van der Waals surface area (Å²) < 4.78 is 5.73. The lowest BCUT2D eigenvalue weighted by molar-refractivity contribution is -0.137. The molecule has 1 aromatic heterocycles. The standard InChI is InChI=1S/C32H39N3O4/c1-19-22(18-33-24-9-10-26-23(15-24)17-32(11-12-32)27(26)16-28(36)37)7-6-8-25(19)29-20(2)34-30(35-21(29)3)39-14-13-31(4,5)38/h6-10,15,27,33,38H,11-14,16-18H2,1-5H3,(H,36,37). The van der Waals surface area contributed by atoms with Gasteiger partial charge in [-0.3, -0.25) is 4.79 Å². The lowest BCUT2D eigenvalue weighted by Crippen LogP contribution is -2.22. The van der Waals surface area contributed by atoms with Crippen molar-refractivity contribution in [2.45, 2.75) is 84.8 Å². The van der Waals surface area contributed by atoms with Crippen LogP contribution in [-0.2, 0) is 17.8 Å². The van der Waals surface area contributed by atoms with Crippen molar-refractivity contribution in [1.29, 1.82) is 0 Å². The topological polar surface area (TPSA) is 105 Å². The second-order valence-corrected chi connectivity index (χ2v) is 12.0. The minimum absolute atomic E-state index is 0.144. The quantitative estimate of drug-likeness (QED) is 0.291. The van der Waals surface area contributed by atoms with Gasteiger partial charge in [-0.05, 0) is 99.2 Å². The summed E-state index contributed by atoms with van der Waals surface area (Å²) in [5.74, 6) is -0.564. The Morgan fingerprint density at radius 2 is 1.85 bits per heavy atom. The number of carboxylic acids is 1. The number of aliphatic hydroxyl groups is 1. The van der Waals surface area contributed by atoms with Gasteiger partial charge < -0.3 is 20.3 Å². The van der Waals surface area contributed by atoms with E-state index in [2.05, 4.69) is 58.6 Å². The highest BCUT2D eigenvalue weighted by atomic mass is 16.5. The van der Waals surface area contributed by atoms with Crippen LogP contribution in [0, 0.1) is 26.2 Å². The Labute approximate surface area is 230 Å². The van der Waals surface area contributed by atoms with Crippen LogP contribution >= 0.6 is 0 Å². The normalized spacial score (nSPS) is 17.2. The second-order valence-electron chi connectivity index (χ2n) is 12.0. The molecule has 1 atom stereocenters. The van der Waals surface area contributed by atoms with Gasteiger partial charge in [0.1, 0.15) is 0 Å². The fourth-order valence-electron chi connectivity index (χ4n) is 6.10. The first-order valence-corrected chi connectivity index (χ1v) is 13.8. The van der Waals surface area contributed by atoms with Gasteiger partial charge in [-0.1, -0.05) is 24.3 Å². The minimum Gasteiger partial charge on any atom is -0.481 e. The number of carboxylic acid groups (broad SMARTS) is 1. The number of fused-ring (bicyclic) bond motifs is 1. The first kappa shape index (κ1) is 27.1. The third kappa shape index (κ3) is 5.78. The van der Waals surface area contributed by atoms with Crippen molar-refractivity contribution in [2.75, 3.05) is 11.9 Å². The Morgan fingerprint density at radius 1 is 1.13 bits per heavy atom. The Bertz CT molecular complexity index is 1380. The number of carbonyl (C=O) groups is 1. The maximum absolute atomic E-state index is 11.5. The maximum Gasteiger partial charge on any atom is 0.316 e. The van der Waals surface area contributed by atoms with Gasteiger partial charge >= 0.3 is 12.0 Å². The fraction of sp³-hybridized carbons (Fsp3) is 0.469. The summed E-state index contributed by atoms with van der Waals surface area (Å²) in [6.45, 7) is 10.6. The number of benzene rings is 2. The second kappa shape index (κ2) is 10.3. The molecule has 1 heterocycles. The average molecular weight is 530 g/mol. The number of hydrogen-bond donors (Lipinski definition) is 3. The van der Waals surface area contributed by atoms with E-state index in [1.54, 1.807) is 13.8 Å². The van der Waals surface area contributed by atoms with E-state index in [4.69, 9.17) is 4.74 Å². The van der Waals surface area contributed by atoms with Crippen molar-refractivity contribution >= 4 is 11.7 Å². The van der Waals surface area contributed by atoms with Gasteiger partial charge in [0.05, 0.1) is 30.0 Å². The van der Waals surface area contributed by atoms with Gasteiger partial charge in [0.2, 0.25) is 0 Å². The summed E-state index contributed by atoms with van der Waals surface area (Å²) in [5.41, 5.74) is 9.17. The lowest BCUT2D eigenvalue weighted by Gasteiger charge is -2.18. The summed E-state index contributed by atoms with van der Waals surface area (Å²) in [7, 11) is 0. The summed E-state index contributed by atoms with van der Waals surface area (Å²) in [6, 6.07) is 13.1. The van der Waals surface area contributed by atoms with E-state index < -0.39 is 11.6 Å². The molecule has 0 amide bonds. The van der Waals surface area contributed by atoms with Crippen molar-refractivity contribution in [3.63, 3.8) is 0 Å². The molecule has 0 saturated heterocycles. The monoisotopic (exact) mass is 529 g/mol. The van der Waals surface area contributed by atoms with E-state index in [1.165, 1.54) is 22.3 Å². The molecule has 39 heavy (non-hydrogen) atoms. The molecule has 206 valence electrons. The van der Waals surface area contributed by atoms with Crippen LogP contribution in [0.15, 0.2) is 36.4 Å². The number of aryl methyl sites for hydroxylation is 2. The third-order valence-corrected chi connectivity index (χ3v) is 8.46. The number of hydrogen-bond acceptors (Lipinski definition) is 6. The summed E-state index contributed by atoms with van der Waals surface area (Å²) in [6.07, 6.45) is 3.97. The van der Waals surface area contributed by atoms with E-state index in [0.717, 1.165) is 47.5 Å². The van der Waals surface area contributed by atoms with Crippen LogP contribution in [0.4, 0.5) is 5.69 Å². The minimum atomic E-state index is -0.794. The summed E-state index contributed by atoms with van der Waals surface area (Å²) in [5, 5.41) is 23.0. The van der Waals surface area contributed by atoms with E-state index in [-0.39, 0.29) is 17.8 Å². The number of nitrogens with zero attached hydrogens (tertiary/aromatic N) is 2. The molecule has 1 unspecified atom stereocenters. The Morgan fingerprint density at radius 3 is 2.49 bits per heavy atom. The van der Waals surface area contributed by atoms with Crippen LogP contribution in [-0.4, -0.2) is 38.4 Å². The smallest absolute Gasteiger partial charge is 0.316 e. The van der Waals surface area contributed by atoms with Crippen molar-refractivity contribution < 1.29 is 19.7 Å². The molecule has 0 bridgehead atoms. The molecule has 3 aromatic rings. The zero-order valence-corrected chi connectivity index (χ0v) is 23.6. The predicted octanol–water partition coefficient (Wildman–Crippen LogP) is 6.12. The van der Waals surface area contributed by atoms with Crippen molar-refractivity contribution in [3.8, 4) is 17.1 Å². The molecular formula is C32H39N3O4. The average Bonchev–Trinajstić information content (AvgIpc) is 3.55. The number of aliphatic carboxylic acids is 1. The zero-order valence-electron chi connectivity index (χ0n) is 23.6. The van der Waals surface area contributed by atoms with E-state index in [9.17, 15) is 15.0 Å². The van der Waals surface area contributed by atoms with E-state index >= 15 is 0 Å². The molecule has 2 aromatic carbocycles. The van der Waals surface area contributed by atoms with Crippen molar-refractivity contribution in [2.24, 2.45) is 5.41 Å². The van der Waals surface area contributed by atoms with Crippen LogP contribution in [0.25, 0.3) is 11.1 Å². The predicted molar refractivity (Wildman–Crippen MR) is 152 cm³/mol. The number of ether oxygens (including phenoxy) is 1. The molecule has 1 fully saturated rings. The molecule has 7 nitrogen and oxygen atoms in total. The third-order valence-electron chi connectivity index (χ3n) is 8.46. The van der Waals surface area contributed by atoms with Gasteiger partial charge in [0.15, 0.2) is 0 Å². The first-order valence-electron chi connectivity index (χ1n) is 13.8. The Hall–Kier alpha value is -3.45. The molecule has 2 aliphatic carbocycles. The van der Waals surface area contributed by atoms with E-state index in [1.807, 2.05) is 13.8 Å². The molecule has 7 heteroatoms. The van der Waals surface area contributed by atoms with Crippen LogP contribution in [0.2, 0.25) is 0 Å². The van der Waals surface area contributed by atoms with Gasteiger partial charge in [-0.25, -0.2) is 0 Å². The Kier molecular flexibility index (Phi) is 7.14. The van der Waals surface area contributed by atoms with Crippen molar-refractivity contribution in [3.05, 3.63) is 70.0 Å². The molecule has 0 aliphatic heterocycles. The van der Waals surface area contributed by atoms with E-state index in [0.29, 0.717) is 25.6 Å². The SMILES string of the molecule is Cc1nc(OCCC(C)(C)O)nc(C)c1-c1cccc(CNc2ccc3c(c2)CC2(CC2)C3CC(=O)O)c1C. The first-order chi connectivity index (χ1) is 18.5. The highest BCUT2D eigenvalue weighted by Gasteiger charge is 2.54. The summed E-state index contributed by atoms with van der Waals surface area (Å²) >= 11 is 0. The van der Waals surface area contributed by atoms with Crippen LogP contribution in [0.1, 0.15) is 79.1 Å². The maximum atomic E-state index is 11.5. The highest BCUT2D eigenvalue weighted by Crippen LogP contribution is 2.64. The number of anilines is 1. The van der Waals surface area contributed by atoms with Crippen LogP contribution in [0.3, 0.4) is 0 Å². The molecule has 1 spiro atoms. The zero-order chi connectivity index (χ0) is 27.9. The van der Waals surface area contributed by atoms with Crippen LogP contribution < -0.4 is 10.1 Å². The molecule has 5 rings (SSSR count). The molecule has 1 saturated carbocycles. The Balaban J connectivity index is 1.31. The largest absolute Gasteiger partial charge is 0.481 e. The molecule has 2 aliphatic rings. The number of aromatic nitrogens is 2. The number of nitrogens with one attached hydrogen (secondary N) is 1. The molecule has 3 N–H and O–H groups in total. The molecular weight excluding hydrogens is 490 g/mol. The van der Waals surface area contributed by atoms with Gasteiger partial charge in [0.25, 0.3) is 0 Å². The summed E-state index contributed by atoms with van der Waals surface area (Å²) in [4.78, 5) is 20.7. The highest BCUT2D eigenvalue weighted by molar-refractivity contribution is 5.73. The fourth-order valence-corrected chi connectivity index (χ4v) is 6.10. The van der Waals surface area contributed by atoms with Crippen molar-refractivity contribution in [1.82, 2.24) is 9.97 Å². The van der Waals surface area contributed by atoms with Crippen LogP contribution in [0.5, 0.6) is 6.01 Å². The van der Waals surface area contributed by atoms with Gasteiger partial charge in [-0.2, -0.15) is 9.97 Å². The number of rotatable bonds is 10. The van der Waals surface area contributed by atoms with Gasteiger partial charge in [-0.15, -0.1) is 0 Å².